The summed E-state index contributed by atoms with van der Waals surface area (Å²) in [5.41, 5.74) is 10.3. The number of rotatable bonds is 6. The van der Waals surface area contributed by atoms with Crippen LogP contribution in [0.15, 0.2) is 0 Å². The van der Waals surface area contributed by atoms with Crippen molar-refractivity contribution >= 4 is 5.91 Å². The second-order valence-corrected chi connectivity index (χ2v) is 2.20. The molecule has 0 radical (unpaired) electrons. The summed E-state index contributed by atoms with van der Waals surface area (Å²) in [5.74, 6) is -0.491. The fourth-order valence-corrected chi connectivity index (χ4v) is 0.573. The molecule has 0 aliphatic rings. The Labute approximate surface area is 65.6 Å². The van der Waals surface area contributed by atoms with Crippen LogP contribution in [-0.4, -0.2) is 38.9 Å². The fourth-order valence-electron chi connectivity index (χ4n) is 0.573. The van der Waals surface area contributed by atoms with Gasteiger partial charge in [-0.15, -0.1) is 0 Å². The second kappa shape index (κ2) is 6.09. The van der Waals surface area contributed by atoms with E-state index in [0.29, 0.717) is 6.61 Å². The van der Waals surface area contributed by atoms with E-state index in [2.05, 4.69) is 0 Å². The second-order valence-electron chi connectivity index (χ2n) is 2.20. The van der Waals surface area contributed by atoms with Crippen molar-refractivity contribution in [3.8, 4) is 0 Å². The third kappa shape index (κ3) is 7.24. The molecule has 0 aliphatic heterocycles. The Morgan fingerprint density at radius 1 is 1.55 bits per heavy atom. The van der Waals surface area contributed by atoms with Gasteiger partial charge in [0.1, 0.15) is 6.61 Å². The van der Waals surface area contributed by atoms with Crippen molar-refractivity contribution in [1.29, 1.82) is 0 Å². The maximum absolute atomic E-state index is 10.2. The van der Waals surface area contributed by atoms with Crippen LogP contribution < -0.4 is 11.5 Å². The standard InChI is InChI=1S/C6H14N2O3/c1-10-2-5(7)3-11-4-6(8)9/h5H,2-4,7H2,1H3,(H2,8,9). The molecule has 0 aromatic rings. The molecule has 0 aromatic carbocycles. The number of carbonyl (C=O) groups excluding carboxylic acids is 1. The van der Waals surface area contributed by atoms with E-state index < -0.39 is 5.91 Å². The summed E-state index contributed by atoms with van der Waals surface area (Å²) in [7, 11) is 1.55. The highest BCUT2D eigenvalue weighted by Gasteiger charge is 2.01. The van der Waals surface area contributed by atoms with Gasteiger partial charge in [0, 0.05) is 7.11 Å². The van der Waals surface area contributed by atoms with Crippen molar-refractivity contribution in [2.75, 3.05) is 26.9 Å². The van der Waals surface area contributed by atoms with E-state index >= 15 is 0 Å². The number of hydrogen-bond acceptors (Lipinski definition) is 4. The molecular formula is C6H14N2O3. The summed E-state index contributed by atoms with van der Waals surface area (Å²) in [6, 6.07) is -0.195. The van der Waals surface area contributed by atoms with Crippen LogP contribution in [0.4, 0.5) is 0 Å². The smallest absolute Gasteiger partial charge is 0.243 e. The molecule has 1 atom stereocenters. The van der Waals surface area contributed by atoms with Crippen molar-refractivity contribution in [2.45, 2.75) is 6.04 Å². The molecule has 0 spiro atoms. The molecule has 0 saturated heterocycles. The molecule has 5 nitrogen and oxygen atoms in total. The van der Waals surface area contributed by atoms with Gasteiger partial charge in [-0.25, -0.2) is 0 Å². The molecular weight excluding hydrogens is 148 g/mol. The van der Waals surface area contributed by atoms with Gasteiger partial charge in [0.2, 0.25) is 5.91 Å². The van der Waals surface area contributed by atoms with E-state index in [-0.39, 0.29) is 19.3 Å². The fraction of sp³-hybridized carbons (Fsp3) is 0.833. The minimum Gasteiger partial charge on any atom is -0.383 e. The summed E-state index contributed by atoms with van der Waals surface area (Å²) in [4.78, 5) is 10.2. The molecule has 1 unspecified atom stereocenters. The van der Waals surface area contributed by atoms with Gasteiger partial charge in [0.25, 0.3) is 0 Å². The molecule has 11 heavy (non-hydrogen) atoms. The summed E-state index contributed by atoms with van der Waals surface area (Å²) < 4.78 is 9.57. The van der Waals surface area contributed by atoms with Gasteiger partial charge in [-0.1, -0.05) is 0 Å². The topological polar surface area (TPSA) is 87.6 Å². The lowest BCUT2D eigenvalue weighted by molar-refractivity contribution is -0.122. The number of ether oxygens (including phenoxy) is 2. The van der Waals surface area contributed by atoms with E-state index in [1.165, 1.54) is 0 Å². The van der Waals surface area contributed by atoms with Gasteiger partial charge in [-0.2, -0.15) is 0 Å². The summed E-state index contributed by atoms with van der Waals surface area (Å²) >= 11 is 0. The zero-order valence-corrected chi connectivity index (χ0v) is 6.58. The van der Waals surface area contributed by atoms with Crippen LogP contribution in [0.25, 0.3) is 0 Å². The average molecular weight is 162 g/mol. The molecule has 1 amide bonds. The molecule has 0 aliphatic carbocycles. The van der Waals surface area contributed by atoms with Crippen LogP contribution in [0.3, 0.4) is 0 Å². The first kappa shape index (κ1) is 10.3. The average Bonchev–Trinajstić information content (AvgIpc) is 1.87. The van der Waals surface area contributed by atoms with Crippen LogP contribution in [-0.2, 0) is 14.3 Å². The minimum absolute atomic E-state index is 0.0859. The predicted molar refractivity (Wildman–Crippen MR) is 39.9 cm³/mol. The molecule has 0 saturated carbocycles. The Balaban J connectivity index is 3.16. The monoisotopic (exact) mass is 162 g/mol. The Morgan fingerprint density at radius 2 is 2.18 bits per heavy atom. The molecule has 0 rings (SSSR count). The van der Waals surface area contributed by atoms with Crippen molar-refractivity contribution in [2.24, 2.45) is 11.5 Å². The van der Waals surface area contributed by atoms with Gasteiger partial charge in [-0.3, -0.25) is 4.79 Å². The Bertz CT molecular complexity index is 118. The maximum atomic E-state index is 10.2. The Morgan fingerprint density at radius 3 is 2.64 bits per heavy atom. The van der Waals surface area contributed by atoms with Crippen LogP contribution >= 0.6 is 0 Å². The van der Waals surface area contributed by atoms with E-state index in [9.17, 15) is 4.79 Å². The lowest BCUT2D eigenvalue weighted by Crippen LogP contribution is -2.32. The first-order valence-corrected chi connectivity index (χ1v) is 3.27. The summed E-state index contributed by atoms with van der Waals surface area (Å²) in [5, 5.41) is 0. The molecule has 4 N–H and O–H groups in total. The zero-order valence-electron chi connectivity index (χ0n) is 6.58. The van der Waals surface area contributed by atoms with Gasteiger partial charge >= 0.3 is 0 Å². The normalized spacial score (nSPS) is 12.9. The largest absolute Gasteiger partial charge is 0.383 e. The first-order chi connectivity index (χ1) is 5.16. The predicted octanol–water partition coefficient (Wildman–Crippen LogP) is -1.54. The third-order valence-electron chi connectivity index (χ3n) is 0.957. The van der Waals surface area contributed by atoms with E-state index in [0.717, 1.165) is 0 Å². The number of primary amides is 1. The van der Waals surface area contributed by atoms with Crippen molar-refractivity contribution in [3.05, 3.63) is 0 Å². The Hall–Kier alpha value is -0.650. The van der Waals surface area contributed by atoms with Crippen molar-refractivity contribution in [3.63, 3.8) is 0 Å². The maximum Gasteiger partial charge on any atom is 0.243 e. The number of hydrogen-bond donors (Lipinski definition) is 2. The molecule has 0 aromatic heterocycles. The highest BCUT2D eigenvalue weighted by Crippen LogP contribution is 1.82. The summed E-state index contributed by atoms with van der Waals surface area (Å²) in [6.07, 6.45) is 0. The highest BCUT2D eigenvalue weighted by atomic mass is 16.5. The number of methoxy groups -OCH3 is 1. The molecule has 0 bridgehead atoms. The van der Waals surface area contributed by atoms with Gasteiger partial charge < -0.3 is 20.9 Å². The van der Waals surface area contributed by atoms with Crippen molar-refractivity contribution < 1.29 is 14.3 Å². The van der Waals surface area contributed by atoms with Crippen LogP contribution in [0.1, 0.15) is 0 Å². The molecule has 66 valence electrons. The Kier molecular flexibility index (Phi) is 5.73. The zero-order chi connectivity index (χ0) is 8.69. The lowest BCUT2D eigenvalue weighted by atomic mass is 10.4. The highest BCUT2D eigenvalue weighted by molar-refractivity contribution is 5.74. The van der Waals surface area contributed by atoms with Crippen LogP contribution in [0.5, 0.6) is 0 Å². The van der Waals surface area contributed by atoms with Gasteiger partial charge in [-0.05, 0) is 0 Å². The number of carbonyl (C=O) groups is 1. The lowest BCUT2D eigenvalue weighted by Gasteiger charge is -2.09. The van der Waals surface area contributed by atoms with Crippen LogP contribution in [0, 0.1) is 0 Å². The molecule has 0 fully saturated rings. The van der Waals surface area contributed by atoms with Crippen molar-refractivity contribution in [1.82, 2.24) is 0 Å². The minimum atomic E-state index is -0.491. The SMILES string of the molecule is COCC(N)COCC(N)=O. The number of nitrogens with two attached hydrogens (primary N) is 2. The van der Waals surface area contributed by atoms with Crippen LogP contribution in [0.2, 0.25) is 0 Å². The van der Waals surface area contributed by atoms with Gasteiger partial charge in [0.05, 0.1) is 19.3 Å². The van der Waals surface area contributed by atoms with Gasteiger partial charge in [0.15, 0.2) is 0 Å². The number of amides is 1. The molecule has 0 heterocycles. The quantitative estimate of drug-likeness (QED) is 0.495. The van der Waals surface area contributed by atoms with E-state index in [4.69, 9.17) is 20.9 Å². The van der Waals surface area contributed by atoms with E-state index in [1.807, 2.05) is 0 Å². The first-order valence-electron chi connectivity index (χ1n) is 3.27. The molecule has 5 heteroatoms. The van der Waals surface area contributed by atoms with E-state index in [1.54, 1.807) is 7.11 Å². The third-order valence-corrected chi connectivity index (χ3v) is 0.957. The summed E-state index contributed by atoms with van der Waals surface area (Å²) in [6.45, 7) is 0.618.